The van der Waals surface area contributed by atoms with E-state index in [0.29, 0.717) is 4.48 Å². The highest BCUT2D eigenvalue weighted by molar-refractivity contribution is 7.38. The van der Waals surface area contributed by atoms with Crippen LogP contribution in [0, 0.1) is 0 Å². The fourth-order valence-corrected chi connectivity index (χ4v) is 5.81. The molecule has 4 heteroatoms. The summed E-state index contributed by atoms with van der Waals surface area (Å²) in [6.07, 6.45) is 25.3. The number of hydrogen-bond donors (Lipinski definition) is 0. The van der Waals surface area contributed by atoms with E-state index < -0.39 is 13.3 Å². The van der Waals surface area contributed by atoms with Crippen LogP contribution in [0.4, 0.5) is 0 Å². The third kappa shape index (κ3) is 12.0. The first kappa shape index (κ1) is 29.8. The molecule has 3 nitrogen and oxygen atoms in total. The summed E-state index contributed by atoms with van der Waals surface area (Å²) in [5, 5.41) is -0.584. The van der Waals surface area contributed by atoms with Gasteiger partial charge < -0.3 is 4.89 Å². The molecule has 0 heterocycles. The Labute approximate surface area is 190 Å². The van der Waals surface area contributed by atoms with Crippen LogP contribution in [0.1, 0.15) is 130 Å². The van der Waals surface area contributed by atoms with E-state index in [1.165, 1.54) is 77.0 Å². The summed E-state index contributed by atoms with van der Waals surface area (Å²) < 4.78 is 12.8. The molecular weight excluding hydrogens is 389 g/mol. The zero-order chi connectivity index (χ0) is 22.7. The van der Waals surface area contributed by atoms with Crippen molar-refractivity contribution in [3.8, 4) is 0 Å². The molecule has 2 unspecified atom stereocenters. The molecular formula is C26H53NO2P+. The van der Waals surface area contributed by atoms with Gasteiger partial charge in [-0.3, -0.25) is 4.48 Å². The van der Waals surface area contributed by atoms with Crippen LogP contribution in [-0.2, 0) is 4.57 Å². The molecule has 178 valence electrons. The zero-order valence-corrected chi connectivity index (χ0v) is 22.0. The van der Waals surface area contributed by atoms with Crippen LogP contribution in [-0.4, -0.2) is 30.4 Å². The van der Waals surface area contributed by atoms with Gasteiger partial charge in [-0.25, -0.2) is 0 Å². The van der Waals surface area contributed by atoms with Crippen molar-refractivity contribution < 1.29 is 13.9 Å². The molecule has 0 spiro atoms. The van der Waals surface area contributed by atoms with Gasteiger partial charge in [0.1, 0.15) is 0 Å². The number of unbranched alkanes of at least 4 members (excludes halogenated alkanes) is 12. The molecule has 0 saturated carbocycles. The highest BCUT2D eigenvalue weighted by Crippen LogP contribution is 2.46. The first-order chi connectivity index (χ1) is 14.4. The SMILES string of the molecule is CCCCCCCCC=CCCCCCCCCC(CCC)([P+](=O)[O-])[N+](C)(C)CC. The van der Waals surface area contributed by atoms with E-state index >= 15 is 0 Å². The normalized spacial score (nSPS) is 14.9. The summed E-state index contributed by atoms with van der Waals surface area (Å²) in [6.45, 7) is 7.33. The van der Waals surface area contributed by atoms with E-state index in [1.807, 2.05) is 0 Å². The second-order valence-corrected chi connectivity index (χ2v) is 11.0. The Bertz CT molecular complexity index is 450. The monoisotopic (exact) mass is 442 g/mol. The van der Waals surface area contributed by atoms with Gasteiger partial charge in [-0.1, -0.05) is 88.4 Å². The minimum atomic E-state index is -2.43. The number of allylic oxidation sites excluding steroid dienone is 2. The minimum Gasteiger partial charge on any atom is -0.590 e. The average molecular weight is 443 g/mol. The maximum Gasteiger partial charge on any atom is 0.376 e. The Morgan fingerprint density at radius 1 is 0.700 bits per heavy atom. The van der Waals surface area contributed by atoms with E-state index in [0.717, 1.165) is 38.6 Å². The van der Waals surface area contributed by atoms with E-state index in [9.17, 15) is 9.46 Å². The first-order valence-corrected chi connectivity index (χ1v) is 14.2. The van der Waals surface area contributed by atoms with Crippen LogP contribution in [0.5, 0.6) is 0 Å². The molecule has 0 radical (unpaired) electrons. The Morgan fingerprint density at radius 3 is 1.60 bits per heavy atom. The van der Waals surface area contributed by atoms with Crippen molar-refractivity contribution in [2.75, 3.05) is 20.6 Å². The van der Waals surface area contributed by atoms with Gasteiger partial charge in [-0.15, -0.1) is 0 Å². The molecule has 0 bridgehead atoms. The molecule has 0 amide bonds. The quantitative estimate of drug-likeness (QED) is 0.0779. The number of nitrogens with zero attached hydrogens (tertiary/aromatic N) is 1. The molecule has 0 aromatic heterocycles. The van der Waals surface area contributed by atoms with Crippen LogP contribution in [0.2, 0.25) is 0 Å². The third-order valence-electron chi connectivity index (χ3n) is 7.00. The van der Waals surface area contributed by atoms with Crippen molar-refractivity contribution >= 4 is 8.03 Å². The lowest BCUT2D eigenvalue weighted by Gasteiger charge is -2.42. The fraction of sp³-hybridized carbons (Fsp3) is 0.923. The minimum absolute atomic E-state index is 0.584. The Morgan fingerprint density at radius 2 is 1.17 bits per heavy atom. The lowest BCUT2D eigenvalue weighted by Crippen LogP contribution is -2.58. The maximum absolute atomic E-state index is 12.2. The molecule has 0 fully saturated rings. The molecule has 30 heavy (non-hydrogen) atoms. The van der Waals surface area contributed by atoms with Crippen LogP contribution < -0.4 is 4.89 Å². The number of rotatable bonds is 21. The number of hydrogen-bond acceptors (Lipinski definition) is 2. The van der Waals surface area contributed by atoms with Gasteiger partial charge in [0.2, 0.25) is 0 Å². The summed E-state index contributed by atoms with van der Waals surface area (Å²) in [5.41, 5.74) is 0. The Balaban J connectivity index is 3.87. The van der Waals surface area contributed by atoms with Crippen molar-refractivity contribution in [1.82, 2.24) is 0 Å². The largest absolute Gasteiger partial charge is 0.590 e. The smallest absolute Gasteiger partial charge is 0.376 e. The van der Waals surface area contributed by atoms with Crippen LogP contribution in [0.3, 0.4) is 0 Å². The summed E-state index contributed by atoms with van der Waals surface area (Å²) in [5.74, 6) is 0. The van der Waals surface area contributed by atoms with Crippen LogP contribution in [0.15, 0.2) is 12.2 Å². The maximum atomic E-state index is 12.2. The molecule has 0 N–H and O–H groups in total. The van der Waals surface area contributed by atoms with Crippen molar-refractivity contribution in [3.63, 3.8) is 0 Å². The van der Waals surface area contributed by atoms with E-state index in [1.54, 1.807) is 0 Å². The molecule has 0 aliphatic heterocycles. The molecule has 0 aliphatic carbocycles. The van der Waals surface area contributed by atoms with Crippen LogP contribution >= 0.6 is 8.03 Å². The summed E-state index contributed by atoms with van der Waals surface area (Å²) in [6, 6.07) is 0. The second-order valence-electron chi connectivity index (χ2n) is 9.68. The standard InChI is InChI=1S/C26H53NO2P/c1-6-9-10-11-12-13-14-15-16-17-18-19-20-21-22-23-25-26(24-7-2,30(28)29)27(4,5)8-3/h15-16H,6-14,17-25H2,1-5H3/q+1. The average Bonchev–Trinajstić information content (AvgIpc) is 2.72. The Kier molecular flexibility index (Phi) is 18.2. The lowest BCUT2D eigenvalue weighted by molar-refractivity contribution is -0.927. The number of quaternary nitrogens is 1. The van der Waals surface area contributed by atoms with Gasteiger partial charge in [0.15, 0.2) is 0 Å². The first-order valence-electron chi connectivity index (χ1n) is 13.0. The van der Waals surface area contributed by atoms with Gasteiger partial charge in [-0.05, 0) is 45.4 Å². The summed E-state index contributed by atoms with van der Waals surface area (Å²) >= 11 is 0. The van der Waals surface area contributed by atoms with Gasteiger partial charge in [0.05, 0.1) is 20.6 Å². The van der Waals surface area contributed by atoms with Gasteiger partial charge in [0.25, 0.3) is 5.28 Å². The van der Waals surface area contributed by atoms with Crippen molar-refractivity contribution in [1.29, 1.82) is 0 Å². The zero-order valence-electron chi connectivity index (χ0n) is 21.1. The highest BCUT2D eigenvalue weighted by Gasteiger charge is 2.54. The van der Waals surface area contributed by atoms with Crippen molar-refractivity contribution in [2.24, 2.45) is 0 Å². The molecule has 0 rings (SSSR count). The third-order valence-corrected chi connectivity index (χ3v) is 8.66. The summed E-state index contributed by atoms with van der Waals surface area (Å²) in [7, 11) is 1.74. The van der Waals surface area contributed by atoms with E-state index in [4.69, 9.17) is 0 Å². The van der Waals surface area contributed by atoms with E-state index in [-0.39, 0.29) is 0 Å². The van der Waals surface area contributed by atoms with Crippen molar-refractivity contribution in [3.05, 3.63) is 12.2 Å². The molecule has 0 saturated heterocycles. The second kappa shape index (κ2) is 18.3. The molecule has 2 atom stereocenters. The van der Waals surface area contributed by atoms with Crippen LogP contribution in [0.25, 0.3) is 0 Å². The highest BCUT2D eigenvalue weighted by atomic mass is 31.1. The predicted octanol–water partition coefficient (Wildman–Crippen LogP) is 8.11. The van der Waals surface area contributed by atoms with E-state index in [2.05, 4.69) is 47.0 Å². The van der Waals surface area contributed by atoms with Gasteiger partial charge in [-0.2, -0.15) is 0 Å². The molecule has 0 aliphatic rings. The van der Waals surface area contributed by atoms with Gasteiger partial charge >= 0.3 is 8.03 Å². The molecule has 0 aromatic carbocycles. The van der Waals surface area contributed by atoms with Crippen molar-refractivity contribution in [2.45, 2.75) is 135 Å². The molecule has 0 aromatic rings. The van der Waals surface area contributed by atoms with Gasteiger partial charge in [0, 0.05) is 12.8 Å². The fourth-order valence-electron chi connectivity index (χ4n) is 4.48. The Hall–Kier alpha value is -0.240. The summed E-state index contributed by atoms with van der Waals surface area (Å²) in [4.78, 5) is 12.2. The predicted molar refractivity (Wildman–Crippen MR) is 132 cm³/mol. The lowest BCUT2D eigenvalue weighted by atomic mass is 9.98. The topological polar surface area (TPSA) is 40.1 Å².